The fraction of sp³-hybridized carbons (Fsp3) is 0.455. The van der Waals surface area contributed by atoms with Crippen molar-refractivity contribution in [3.05, 3.63) is 47.3 Å². The number of fused-ring (bicyclic) bond motifs is 1. The molecule has 3 heterocycles. The molecule has 1 aromatic carbocycles. The van der Waals surface area contributed by atoms with Crippen LogP contribution in [0.1, 0.15) is 23.4 Å². The van der Waals surface area contributed by atoms with Crippen molar-refractivity contribution in [1.29, 1.82) is 0 Å². The number of aryl methyl sites for hydroxylation is 3. The monoisotopic (exact) mass is 380 g/mol. The van der Waals surface area contributed by atoms with Crippen LogP contribution in [0.4, 0.5) is 5.82 Å². The average molecular weight is 381 g/mol. The number of quaternary nitrogens is 1. The second-order valence-corrected chi connectivity index (χ2v) is 7.74. The molecule has 3 aromatic rings. The van der Waals surface area contributed by atoms with Crippen molar-refractivity contribution in [3.8, 4) is 11.1 Å². The number of nitrogens with zero attached hydrogens (tertiary/aromatic N) is 3. The second-order valence-electron chi connectivity index (χ2n) is 7.74. The maximum Gasteiger partial charge on any atom is 0.165 e. The first-order valence-electron chi connectivity index (χ1n) is 10.2. The van der Waals surface area contributed by atoms with Gasteiger partial charge in [-0.25, -0.2) is 4.98 Å². The van der Waals surface area contributed by atoms with Crippen molar-refractivity contribution in [2.45, 2.75) is 27.2 Å². The third kappa shape index (κ3) is 4.03. The molecule has 0 amide bonds. The summed E-state index contributed by atoms with van der Waals surface area (Å²) in [6.45, 7) is 12.3. The first-order valence-corrected chi connectivity index (χ1v) is 10.2. The lowest BCUT2D eigenvalue weighted by molar-refractivity contribution is -0.908. The summed E-state index contributed by atoms with van der Waals surface area (Å²) in [7, 11) is 0. The van der Waals surface area contributed by atoms with Gasteiger partial charge in [-0.3, -0.25) is 0 Å². The van der Waals surface area contributed by atoms with E-state index in [-0.39, 0.29) is 0 Å². The van der Waals surface area contributed by atoms with Gasteiger partial charge in [-0.2, -0.15) is 9.61 Å². The standard InChI is InChI=1S/C22H29N5O/c1-16-5-7-19(8-6-16)21-18(3)25-27-20(15-17(2)24-22(21)27)23-9-4-10-26-11-13-28-14-12-26/h5-8,15,23H,4,9-14H2,1-3H3/p+1. The van der Waals surface area contributed by atoms with E-state index < -0.39 is 0 Å². The van der Waals surface area contributed by atoms with Crippen LogP contribution in [0.3, 0.4) is 0 Å². The smallest absolute Gasteiger partial charge is 0.165 e. The first kappa shape index (κ1) is 18.9. The molecule has 2 N–H and O–H groups in total. The van der Waals surface area contributed by atoms with Crippen LogP contribution in [0.5, 0.6) is 0 Å². The zero-order valence-corrected chi connectivity index (χ0v) is 17.1. The van der Waals surface area contributed by atoms with E-state index >= 15 is 0 Å². The number of nitrogens with one attached hydrogen (secondary N) is 2. The van der Waals surface area contributed by atoms with Crippen molar-refractivity contribution < 1.29 is 9.64 Å². The highest BCUT2D eigenvalue weighted by atomic mass is 16.5. The number of rotatable bonds is 6. The third-order valence-corrected chi connectivity index (χ3v) is 5.45. The quantitative estimate of drug-likeness (QED) is 0.643. The van der Waals surface area contributed by atoms with Crippen LogP contribution in [0, 0.1) is 20.8 Å². The van der Waals surface area contributed by atoms with Gasteiger partial charge in [-0.15, -0.1) is 0 Å². The third-order valence-electron chi connectivity index (χ3n) is 5.45. The van der Waals surface area contributed by atoms with Gasteiger partial charge < -0.3 is 15.0 Å². The topological polar surface area (TPSA) is 55.9 Å². The van der Waals surface area contributed by atoms with Crippen LogP contribution in [-0.2, 0) is 4.74 Å². The Hall–Kier alpha value is -2.44. The highest BCUT2D eigenvalue weighted by molar-refractivity contribution is 5.81. The number of benzene rings is 1. The number of hydrogen-bond donors (Lipinski definition) is 2. The van der Waals surface area contributed by atoms with E-state index in [1.807, 2.05) is 11.4 Å². The summed E-state index contributed by atoms with van der Waals surface area (Å²) in [4.78, 5) is 6.44. The predicted molar refractivity (Wildman–Crippen MR) is 112 cm³/mol. The lowest BCUT2D eigenvalue weighted by Gasteiger charge is -2.23. The van der Waals surface area contributed by atoms with Gasteiger partial charge in [0.25, 0.3) is 0 Å². The van der Waals surface area contributed by atoms with E-state index in [0.717, 1.165) is 73.2 Å². The largest absolute Gasteiger partial charge is 0.370 e. The zero-order chi connectivity index (χ0) is 19.5. The minimum atomic E-state index is 0.890. The van der Waals surface area contributed by atoms with E-state index in [9.17, 15) is 0 Å². The molecule has 148 valence electrons. The minimum Gasteiger partial charge on any atom is -0.370 e. The number of ether oxygens (including phenoxy) is 1. The van der Waals surface area contributed by atoms with Crippen LogP contribution in [0.25, 0.3) is 16.8 Å². The van der Waals surface area contributed by atoms with E-state index in [2.05, 4.69) is 49.5 Å². The Balaban J connectivity index is 1.54. The van der Waals surface area contributed by atoms with Crippen molar-refractivity contribution in [2.24, 2.45) is 0 Å². The molecule has 1 aliphatic rings. The van der Waals surface area contributed by atoms with Crippen LogP contribution < -0.4 is 10.2 Å². The molecule has 28 heavy (non-hydrogen) atoms. The molecule has 0 bridgehead atoms. The van der Waals surface area contributed by atoms with Crippen molar-refractivity contribution in [3.63, 3.8) is 0 Å². The number of morpholine rings is 1. The molecule has 0 spiro atoms. The Morgan fingerprint density at radius 1 is 1.11 bits per heavy atom. The molecule has 1 saturated heterocycles. The molecule has 1 aliphatic heterocycles. The van der Waals surface area contributed by atoms with Gasteiger partial charge in [0.2, 0.25) is 0 Å². The normalized spacial score (nSPS) is 15.2. The second kappa shape index (κ2) is 8.29. The van der Waals surface area contributed by atoms with Gasteiger partial charge in [0, 0.05) is 30.3 Å². The molecule has 0 atom stereocenters. The molecule has 6 heteroatoms. The molecule has 6 nitrogen and oxygen atoms in total. The molecule has 0 unspecified atom stereocenters. The Bertz CT molecular complexity index is 942. The van der Waals surface area contributed by atoms with Crippen molar-refractivity contribution in [1.82, 2.24) is 14.6 Å². The van der Waals surface area contributed by atoms with Crippen LogP contribution in [0.15, 0.2) is 30.3 Å². The molecular weight excluding hydrogens is 350 g/mol. The fourth-order valence-electron chi connectivity index (χ4n) is 3.89. The van der Waals surface area contributed by atoms with Crippen molar-refractivity contribution in [2.75, 3.05) is 44.7 Å². The maximum absolute atomic E-state index is 5.44. The lowest BCUT2D eigenvalue weighted by Crippen LogP contribution is -3.14. The Labute approximate surface area is 166 Å². The molecule has 0 saturated carbocycles. The van der Waals surface area contributed by atoms with Gasteiger partial charge in [0.15, 0.2) is 5.65 Å². The fourth-order valence-corrected chi connectivity index (χ4v) is 3.89. The Morgan fingerprint density at radius 3 is 2.61 bits per heavy atom. The number of hydrogen-bond acceptors (Lipinski definition) is 4. The van der Waals surface area contributed by atoms with Crippen molar-refractivity contribution >= 4 is 11.5 Å². The molecule has 2 aromatic heterocycles. The molecular formula is C22H30N5O+. The summed E-state index contributed by atoms with van der Waals surface area (Å²) < 4.78 is 7.40. The van der Waals surface area contributed by atoms with E-state index in [4.69, 9.17) is 14.8 Å². The van der Waals surface area contributed by atoms with Gasteiger partial charge in [-0.05, 0) is 26.3 Å². The molecule has 0 aliphatic carbocycles. The number of anilines is 1. The Morgan fingerprint density at radius 2 is 1.86 bits per heavy atom. The van der Waals surface area contributed by atoms with Gasteiger partial charge >= 0.3 is 0 Å². The summed E-state index contributed by atoms with van der Waals surface area (Å²) in [5.41, 5.74) is 6.46. The summed E-state index contributed by atoms with van der Waals surface area (Å²) in [5, 5.41) is 8.38. The van der Waals surface area contributed by atoms with E-state index in [1.54, 1.807) is 4.90 Å². The van der Waals surface area contributed by atoms with Gasteiger partial charge in [0.05, 0.1) is 25.5 Å². The minimum absolute atomic E-state index is 0.890. The summed E-state index contributed by atoms with van der Waals surface area (Å²) in [5.74, 6) is 1.01. The van der Waals surface area contributed by atoms with E-state index in [1.165, 1.54) is 12.1 Å². The Kier molecular flexibility index (Phi) is 5.59. The first-order chi connectivity index (χ1) is 13.6. The summed E-state index contributed by atoms with van der Waals surface area (Å²) in [6.07, 6.45) is 1.13. The van der Waals surface area contributed by atoms with Crippen LogP contribution >= 0.6 is 0 Å². The molecule has 4 rings (SSSR count). The van der Waals surface area contributed by atoms with Crippen LogP contribution in [-0.4, -0.2) is 54.0 Å². The summed E-state index contributed by atoms with van der Waals surface area (Å²) >= 11 is 0. The van der Waals surface area contributed by atoms with Gasteiger partial charge in [0.1, 0.15) is 18.9 Å². The highest BCUT2D eigenvalue weighted by Crippen LogP contribution is 2.29. The predicted octanol–water partition coefficient (Wildman–Crippen LogP) is 2.04. The zero-order valence-electron chi connectivity index (χ0n) is 17.1. The number of aromatic nitrogens is 3. The van der Waals surface area contributed by atoms with Crippen LogP contribution in [0.2, 0.25) is 0 Å². The van der Waals surface area contributed by atoms with E-state index in [0.29, 0.717) is 0 Å². The SMILES string of the molecule is Cc1ccc(-c2c(C)nn3c(NCCC[NH+]4CCOCC4)cc(C)nc23)cc1. The lowest BCUT2D eigenvalue weighted by atomic mass is 10.0. The molecule has 1 fully saturated rings. The average Bonchev–Trinajstić information content (AvgIpc) is 3.02. The summed E-state index contributed by atoms with van der Waals surface area (Å²) in [6, 6.07) is 10.7. The highest BCUT2D eigenvalue weighted by Gasteiger charge is 2.16. The molecule has 0 radical (unpaired) electrons. The maximum atomic E-state index is 5.44. The van der Waals surface area contributed by atoms with Gasteiger partial charge in [-0.1, -0.05) is 29.8 Å².